The number of nitrogens with one attached hydrogen (secondary N) is 1. The van der Waals surface area contributed by atoms with Crippen LogP contribution in [-0.2, 0) is 0 Å². The van der Waals surface area contributed by atoms with E-state index in [1.165, 1.54) is 6.21 Å². The summed E-state index contributed by atoms with van der Waals surface area (Å²) in [5.41, 5.74) is 6.48. The second kappa shape index (κ2) is 7.77. The van der Waals surface area contributed by atoms with Crippen molar-refractivity contribution >= 4 is 35.3 Å². The minimum atomic E-state index is -0.292. The maximum absolute atomic E-state index is 12.5. The summed E-state index contributed by atoms with van der Waals surface area (Å²) in [7, 11) is 0. The summed E-state index contributed by atoms with van der Waals surface area (Å²) < 4.78 is 2.03. The molecule has 0 unspecified atom stereocenters. The summed E-state index contributed by atoms with van der Waals surface area (Å²) >= 11 is 12.2. The molecule has 3 aromatic rings. The van der Waals surface area contributed by atoms with Crippen molar-refractivity contribution in [2.45, 2.75) is 13.8 Å². The summed E-state index contributed by atoms with van der Waals surface area (Å²) in [4.78, 5) is 12.5. The second-order valence-electron chi connectivity index (χ2n) is 5.79. The number of hydrogen-bond donors (Lipinski definition) is 1. The first-order valence-corrected chi connectivity index (χ1v) is 8.76. The van der Waals surface area contributed by atoms with E-state index in [0.29, 0.717) is 21.2 Å². The van der Waals surface area contributed by atoms with E-state index in [0.717, 1.165) is 17.1 Å². The van der Waals surface area contributed by atoms with Gasteiger partial charge in [0.2, 0.25) is 0 Å². The normalized spacial score (nSPS) is 11.1. The number of benzene rings is 2. The molecule has 0 saturated carbocycles. The average molecular weight is 386 g/mol. The number of amides is 1. The Kier molecular flexibility index (Phi) is 5.45. The van der Waals surface area contributed by atoms with Crippen molar-refractivity contribution in [1.29, 1.82) is 0 Å². The van der Waals surface area contributed by atoms with Gasteiger partial charge in [0.25, 0.3) is 5.91 Å². The van der Waals surface area contributed by atoms with Crippen molar-refractivity contribution in [3.05, 3.63) is 87.2 Å². The molecule has 3 rings (SSSR count). The first-order valence-electron chi connectivity index (χ1n) is 8.01. The van der Waals surface area contributed by atoms with Gasteiger partial charge in [-0.05, 0) is 44.2 Å². The van der Waals surface area contributed by atoms with Crippen molar-refractivity contribution in [2.24, 2.45) is 5.10 Å². The molecule has 0 aliphatic heterocycles. The van der Waals surface area contributed by atoms with Gasteiger partial charge >= 0.3 is 0 Å². The molecule has 1 amide bonds. The van der Waals surface area contributed by atoms with Crippen LogP contribution >= 0.6 is 23.2 Å². The van der Waals surface area contributed by atoms with Crippen LogP contribution in [0.25, 0.3) is 5.69 Å². The SMILES string of the molecule is Cc1cc(C(=O)N/N=C/c2c(Cl)cccc2Cl)c(C)n1-c1ccccc1. The summed E-state index contributed by atoms with van der Waals surface area (Å²) in [5, 5.41) is 4.93. The highest BCUT2D eigenvalue weighted by molar-refractivity contribution is 6.38. The third kappa shape index (κ3) is 3.66. The van der Waals surface area contributed by atoms with Crippen LogP contribution in [0.4, 0.5) is 0 Å². The molecule has 0 bridgehead atoms. The van der Waals surface area contributed by atoms with Gasteiger partial charge in [-0.15, -0.1) is 0 Å². The Morgan fingerprint density at radius 1 is 1.04 bits per heavy atom. The van der Waals surface area contributed by atoms with Crippen molar-refractivity contribution < 1.29 is 4.79 Å². The molecule has 0 aliphatic rings. The van der Waals surface area contributed by atoms with Crippen molar-refractivity contribution in [3.8, 4) is 5.69 Å². The highest BCUT2D eigenvalue weighted by Crippen LogP contribution is 2.22. The van der Waals surface area contributed by atoms with Gasteiger partial charge in [0.05, 0.1) is 21.8 Å². The zero-order valence-electron chi connectivity index (χ0n) is 14.3. The molecule has 0 aliphatic carbocycles. The lowest BCUT2D eigenvalue weighted by Crippen LogP contribution is -2.18. The lowest BCUT2D eigenvalue weighted by atomic mass is 10.2. The Labute approximate surface area is 162 Å². The molecule has 0 atom stereocenters. The van der Waals surface area contributed by atoms with Gasteiger partial charge in [0, 0.05) is 22.6 Å². The molecule has 1 aromatic heterocycles. The summed E-state index contributed by atoms with van der Waals surface area (Å²) in [6.07, 6.45) is 1.44. The highest BCUT2D eigenvalue weighted by atomic mass is 35.5. The molecular formula is C20H17Cl2N3O. The van der Waals surface area contributed by atoms with Crippen LogP contribution < -0.4 is 5.43 Å². The number of hydrogen-bond acceptors (Lipinski definition) is 2. The van der Waals surface area contributed by atoms with Crippen LogP contribution in [-0.4, -0.2) is 16.7 Å². The number of aryl methyl sites for hydroxylation is 1. The standard InChI is InChI=1S/C20H17Cl2N3O/c1-13-11-16(14(2)25(13)15-7-4-3-5-8-15)20(26)24-23-12-17-18(21)9-6-10-19(17)22/h3-12H,1-2H3,(H,24,26)/b23-12+. The number of halogens is 2. The molecule has 26 heavy (non-hydrogen) atoms. The van der Waals surface area contributed by atoms with Crippen LogP contribution in [0.5, 0.6) is 0 Å². The van der Waals surface area contributed by atoms with Crippen molar-refractivity contribution in [2.75, 3.05) is 0 Å². The van der Waals surface area contributed by atoms with E-state index in [1.54, 1.807) is 18.2 Å². The van der Waals surface area contributed by atoms with E-state index in [1.807, 2.05) is 54.8 Å². The van der Waals surface area contributed by atoms with E-state index >= 15 is 0 Å². The van der Waals surface area contributed by atoms with Crippen molar-refractivity contribution in [1.82, 2.24) is 9.99 Å². The van der Waals surface area contributed by atoms with Crippen LogP contribution in [0.15, 0.2) is 59.7 Å². The molecule has 0 fully saturated rings. The maximum Gasteiger partial charge on any atom is 0.273 e. The van der Waals surface area contributed by atoms with Gasteiger partial charge in [0.15, 0.2) is 0 Å². The third-order valence-corrected chi connectivity index (χ3v) is 4.71. The van der Waals surface area contributed by atoms with Crippen molar-refractivity contribution in [3.63, 3.8) is 0 Å². The number of para-hydroxylation sites is 1. The quantitative estimate of drug-likeness (QED) is 0.488. The fraction of sp³-hybridized carbons (Fsp3) is 0.100. The Morgan fingerprint density at radius 3 is 2.35 bits per heavy atom. The lowest BCUT2D eigenvalue weighted by molar-refractivity contribution is 0.0954. The Bertz CT molecular complexity index is 958. The third-order valence-electron chi connectivity index (χ3n) is 4.05. The molecule has 2 aromatic carbocycles. The topological polar surface area (TPSA) is 46.4 Å². The van der Waals surface area contributed by atoms with Crippen LogP contribution in [0.2, 0.25) is 10.0 Å². The summed E-state index contributed by atoms with van der Waals surface area (Å²) in [6.45, 7) is 3.87. The first-order chi connectivity index (χ1) is 12.5. The fourth-order valence-electron chi connectivity index (χ4n) is 2.82. The Morgan fingerprint density at radius 2 is 1.69 bits per heavy atom. The van der Waals surface area contributed by atoms with Gasteiger partial charge in [-0.2, -0.15) is 5.10 Å². The summed E-state index contributed by atoms with van der Waals surface area (Å²) in [5.74, 6) is -0.292. The smallest absolute Gasteiger partial charge is 0.273 e. The van der Waals surface area contributed by atoms with E-state index in [-0.39, 0.29) is 5.91 Å². The van der Waals surface area contributed by atoms with Crippen LogP contribution in [0, 0.1) is 13.8 Å². The number of hydrazone groups is 1. The van der Waals surface area contributed by atoms with E-state index < -0.39 is 0 Å². The van der Waals surface area contributed by atoms with Gasteiger partial charge in [-0.3, -0.25) is 4.79 Å². The monoisotopic (exact) mass is 385 g/mol. The number of carbonyl (C=O) groups is 1. The molecule has 4 nitrogen and oxygen atoms in total. The lowest BCUT2D eigenvalue weighted by Gasteiger charge is -2.09. The predicted molar refractivity (Wildman–Crippen MR) is 107 cm³/mol. The van der Waals surface area contributed by atoms with E-state index in [2.05, 4.69) is 10.5 Å². The van der Waals surface area contributed by atoms with Gasteiger partial charge in [-0.25, -0.2) is 5.43 Å². The van der Waals surface area contributed by atoms with Gasteiger partial charge in [0.1, 0.15) is 0 Å². The first kappa shape index (κ1) is 18.2. The molecule has 0 radical (unpaired) electrons. The number of carbonyl (C=O) groups excluding carboxylic acids is 1. The molecule has 0 saturated heterocycles. The zero-order chi connectivity index (χ0) is 18.7. The van der Waals surface area contributed by atoms with E-state index in [4.69, 9.17) is 23.2 Å². The average Bonchev–Trinajstić information content (AvgIpc) is 2.92. The number of aromatic nitrogens is 1. The highest BCUT2D eigenvalue weighted by Gasteiger charge is 2.16. The largest absolute Gasteiger partial charge is 0.318 e. The minimum Gasteiger partial charge on any atom is -0.318 e. The fourth-order valence-corrected chi connectivity index (χ4v) is 3.31. The minimum absolute atomic E-state index is 0.292. The van der Waals surface area contributed by atoms with Gasteiger partial charge < -0.3 is 4.57 Å². The molecule has 1 N–H and O–H groups in total. The predicted octanol–water partition coefficient (Wildman–Crippen LogP) is 5.16. The van der Waals surface area contributed by atoms with E-state index in [9.17, 15) is 4.79 Å². The Hall–Kier alpha value is -2.56. The molecular weight excluding hydrogens is 369 g/mol. The second-order valence-corrected chi connectivity index (χ2v) is 6.60. The van der Waals surface area contributed by atoms with Crippen LogP contribution in [0.1, 0.15) is 27.3 Å². The maximum atomic E-state index is 12.5. The number of nitrogens with zero attached hydrogens (tertiary/aromatic N) is 2. The van der Waals surface area contributed by atoms with Crippen LogP contribution in [0.3, 0.4) is 0 Å². The number of rotatable bonds is 4. The molecule has 6 heteroatoms. The molecule has 132 valence electrons. The zero-order valence-corrected chi connectivity index (χ0v) is 15.8. The molecule has 0 spiro atoms. The molecule has 1 heterocycles. The van der Waals surface area contributed by atoms with Gasteiger partial charge in [-0.1, -0.05) is 47.5 Å². The summed E-state index contributed by atoms with van der Waals surface area (Å²) in [6, 6.07) is 16.9. The Balaban J connectivity index is 1.82.